The van der Waals surface area contributed by atoms with Gasteiger partial charge >= 0.3 is 0 Å². The quantitative estimate of drug-likeness (QED) is 0.210. The van der Waals surface area contributed by atoms with Crippen LogP contribution in [0.15, 0.2) is 24.8 Å². The summed E-state index contributed by atoms with van der Waals surface area (Å²) in [6, 6.07) is 0.425. The SMILES string of the molecule is CC[C@H]1CCOc2c(C(C)(C)C)cnn2C1.CN[C@@H]1CCn2ncc(C(C)(C)C)c2OC1.C[C@@H]1CCn2ncc(C(C)(C)C)c2OC1.C[C@H]1CCOc2c(C(C)(C)C)cnn2C1. The molecular formula is C49H83N9O4. The first-order chi connectivity index (χ1) is 29.0. The molecule has 0 saturated heterocycles. The van der Waals surface area contributed by atoms with Crippen LogP contribution in [-0.2, 0) is 47.8 Å². The van der Waals surface area contributed by atoms with Gasteiger partial charge in [0.15, 0.2) is 0 Å². The molecule has 13 heteroatoms. The number of aromatic nitrogens is 8. The molecule has 0 unspecified atom stereocenters. The van der Waals surface area contributed by atoms with E-state index in [1.54, 1.807) is 0 Å². The summed E-state index contributed by atoms with van der Waals surface area (Å²) >= 11 is 0. The second kappa shape index (κ2) is 20.2. The molecule has 0 amide bonds. The molecule has 1 N–H and O–H groups in total. The number of likely N-dealkylation sites (N-methyl/N-ethyl adjacent to an activating group) is 1. The van der Waals surface area contributed by atoms with E-state index in [2.05, 4.69) is 130 Å². The topological polar surface area (TPSA) is 120 Å². The number of hydrogen-bond donors (Lipinski definition) is 1. The minimum absolute atomic E-state index is 0.0903. The van der Waals surface area contributed by atoms with Gasteiger partial charge in [0.1, 0.15) is 6.61 Å². The van der Waals surface area contributed by atoms with Gasteiger partial charge in [-0.3, -0.25) is 0 Å². The van der Waals surface area contributed by atoms with E-state index in [4.69, 9.17) is 18.9 Å². The Morgan fingerprint density at radius 3 is 1.37 bits per heavy atom. The van der Waals surface area contributed by atoms with Gasteiger partial charge in [-0.1, -0.05) is 110 Å². The van der Waals surface area contributed by atoms with Gasteiger partial charge < -0.3 is 24.3 Å². The summed E-state index contributed by atoms with van der Waals surface area (Å²) in [5.41, 5.74) is 5.29. The van der Waals surface area contributed by atoms with E-state index in [9.17, 15) is 0 Å². The van der Waals surface area contributed by atoms with E-state index in [-0.39, 0.29) is 21.7 Å². The first-order valence-electron chi connectivity index (χ1n) is 23.4. The summed E-state index contributed by atoms with van der Waals surface area (Å²) < 4.78 is 31.5. The zero-order chi connectivity index (χ0) is 45.6. The molecule has 8 rings (SSSR count). The third-order valence-electron chi connectivity index (χ3n) is 12.4. The summed E-state index contributed by atoms with van der Waals surface area (Å²) in [7, 11) is 1.98. The molecule has 348 valence electrons. The highest BCUT2D eigenvalue weighted by Gasteiger charge is 2.30. The predicted molar refractivity (Wildman–Crippen MR) is 249 cm³/mol. The highest BCUT2D eigenvalue weighted by Crippen LogP contribution is 2.36. The molecule has 0 spiro atoms. The minimum atomic E-state index is 0.0903. The first kappa shape index (κ1) is 49.0. The summed E-state index contributed by atoms with van der Waals surface area (Å²) in [6.07, 6.45) is 13.5. The molecule has 62 heavy (non-hydrogen) atoms. The fraction of sp³-hybridized carbons (Fsp3) is 0.755. The first-order valence-corrected chi connectivity index (χ1v) is 23.4. The van der Waals surface area contributed by atoms with Crippen molar-refractivity contribution in [3.05, 3.63) is 47.0 Å². The standard InChI is InChI=1S/C13H22N2O.C12H21N3O.2C12H20N2O/c1-5-10-6-7-16-12-11(13(2,3)4)8-14-15(12)9-10;1-12(2,3)10-7-14-15-6-5-9(13-4)8-16-11(10)15;1-9-5-6-15-11-10(12(2,3)4)7-13-14(11)8-9;1-9-5-6-14-11(15-8-9)10(7-13-14)12(2,3)4/h8,10H,5-7,9H2,1-4H3;7,9,13H,5-6,8H2,1-4H3;2*7,9H,5-6,8H2,1-4H3/t10-;3*9-/m0101/s1. The van der Waals surface area contributed by atoms with Crippen LogP contribution in [0.1, 0.15) is 158 Å². The number of fused-ring (bicyclic) bond motifs is 4. The molecule has 8 heterocycles. The Morgan fingerprint density at radius 1 is 0.516 bits per heavy atom. The fourth-order valence-corrected chi connectivity index (χ4v) is 7.89. The van der Waals surface area contributed by atoms with Crippen molar-refractivity contribution in [3.8, 4) is 23.5 Å². The molecular weight excluding hydrogens is 779 g/mol. The third-order valence-corrected chi connectivity index (χ3v) is 12.4. The Bertz CT molecular complexity index is 2000. The Kier molecular flexibility index (Phi) is 16.0. The Labute approximate surface area is 374 Å². The van der Waals surface area contributed by atoms with Gasteiger partial charge in [-0.15, -0.1) is 0 Å². The van der Waals surface area contributed by atoms with E-state index < -0.39 is 0 Å². The largest absolute Gasteiger partial charge is 0.478 e. The van der Waals surface area contributed by atoms with Gasteiger partial charge in [-0.2, -0.15) is 20.4 Å². The van der Waals surface area contributed by atoms with Crippen LogP contribution in [0.3, 0.4) is 0 Å². The Balaban J connectivity index is 0.000000156. The second-order valence-corrected chi connectivity index (χ2v) is 22.2. The zero-order valence-corrected chi connectivity index (χ0v) is 41.5. The van der Waals surface area contributed by atoms with E-state index in [0.29, 0.717) is 23.8 Å². The minimum Gasteiger partial charge on any atom is -0.478 e. The van der Waals surface area contributed by atoms with Crippen LogP contribution in [0.5, 0.6) is 23.5 Å². The molecule has 4 aromatic heterocycles. The molecule has 0 bridgehead atoms. The van der Waals surface area contributed by atoms with Gasteiger partial charge in [0.05, 0.1) is 44.6 Å². The van der Waals surface area contributed by atoms with Gasteiger partial charge in [-0.05, 0) is 72.1 Å². The molecule has 0 aliphatic carbocycles. The Morgan fingerprint density at radius 2 is 0.919 bits per heavy atom. The molecule has 13 nitrogen and oxygen atoms in total. The summed E-state index contributed by atoms with van der Waals surface area (Å²) in [5, 5.41) is 21.0. The number of nitrogens with zero attached hydrogens (tertiary/aromatic N) is 8. The van der Waals surface area contributed by atoms with Crippen LogP contribution in [-0.4, -0.2) is 78.6 Å². The monoisotopic (exact) mass is 862 g/mol. The molecule has 0 aromatic carbocycles. The van der Waals surface area contributed by atoms with Gasteiger partial charge in [0.25, 0.3) is 0 Å². The average molecular weight is 862 g/mol. The maximum atomic E-state index is 5.89. The molecule has 0 saturated carbocycles. The Hall–Kier alpha value is -4.00. The molecule has 4 aliphatic heterocycles. The number of ether oxygens (including phenoxy) is 4. The van der Waals surface area contributed by atoms with Crippen LogP contribution < -0.4 is 24.3 Å². The lowest BCUT2D eigenvalue weighted by Gasteiger charge is -2.19. The summed E-state index contributed by atoms with van der Waals surface area (Å²) in [6.45, 7) is 40.1. The fourth-order valence-electron chi connectivity index (χ4n) is 7.89. The lowest BCUT2D eigenvalue weighted by Crippen LogP contribution is -2.31. The normalized spacial score (nSPS) is 21.4. The van der Waals surface area contributed by atoms with Gasteiger partial charge in [0, 0.05) is 54.5 Å². The van der Waals surface area contributed by atoms with E-state index in [1.807, 2.05) is 50.6 Å². The van der Waals surface area contributed by atoms with E-state index in [0.717, 1.165) is 102 Å². The van der Waals surface area contributed by atoms with Crippen molar-refractivity contribution in [2.24, 2.45) is 17.8 Å². The average Bonchev–Trinajstić information content (AvgIpc) is 3.88. The van der Waals surface area contributed by atoms with Crippen molar-refractivity contribution in [2.75, 3.05) is 33.5 Å². The lowest BCUT2D eigenvalue weighted by molar-refractivity contribution is 0.255. The van der Waals surface area contributed by atoms with E-state index in [1.165, 1.54) is 28.7 Å². The maximum absolute atomic E-state index is 5.89. The highest BCUT2D eigenvalue weighted by atomic mass is 16.5. The van der Waals surface area contributed by atoms with Gasteiger partial charge in [0.2, 0.25) is 23.5 Å². The van der Waals surface area contributed by atoms with Crippen molar-refractivity contribution >= 4 is 0 Å². The lowest BCUT2D eigenvalue weighted by atomic mass is 9.89. The number of aryl methyl sites for hydroxylation is 2. The van der Waals surface area contributed by atoms with Gasteiger partial charge in [-0.25, -0.2) is 18.7 Å². The maximum Gasteiger partial charge on any atom is 0.215 e. The number of nitrogens with one attached hydrogen (secondary N) is 1. The molecule has 0 fully saturated rings. The van der Waals surface area contributed by atoms with Crippen LogP contribution in [0, 0.1) is 17.8 Å². The summed E-state index contributed by atoms with van der Waals surface area (Å²) in [4.78, 5) is 0. The smallest absolute Gasteiger partial charge is 0.215 e. The molecule has 0 radical (unpaired) electrons. The van der Waals surface area contributed by atoms with Crippen LogP contribution in [0.4, 0.5) is 0 Å². The predicted octanol–water partition coefficient (Wildman–Crippen LogP) is 9.74. The molecule has 4 atom stereocenters. The third kappa shape index (κ3) is 12.6. The van der Waals surface area contributed by atoms with Crippen molar-refractivity contribution in [2.45, 2.75) is 190 Å². The molecule has 4 aliphatic rings. The van der Waals surface area contributed by atoms with Crippen molar-refractivity contribution < 1.29 is 18.9 Å². The second-order valence-electron chi connectivity index (χ2n) is 22.2. The van der Waals surface area contributed by atoms with Crippen LogP contribution in [0.25, 0.3) is 0 Å². The number of hydrogen-bond acceptors (Lipinski definition) is 9. The van der Waals surface area contributed by atoms with E-state index >= 15 is 0 Å². The number of rotatable bonds is 2. The highest BCUT2D eigenvalue weighted by molar-refractivity contribution is 5.34. The van der Waals surface area contributed by atoms with Crippen molar-refractivity contribution in [1.82, 2.24) is 44.4 Å². The van der Waals surface area contributed by atoms with Crippen molar-refractivity contribution in [1.29, 1.82) is 0 Å². The zero-order valence-electron chi connectivity index (χ0n) is 41.5. The van der Waals surface area contributed by atoms with Crippen molar-refractivity contribution in [3.63, 3.8) is 0 Å². The summed E-state index contributed by atoms with van der Waals surface area (Å²) in [5.74, 6) is 5.87. The van der Waals surface area contributed by atoms with Crippen LogP contribution in [0.2, 0.25) is 0 Å². The van der Waals surface area contributed by atoms with Crippen LogP contribution >= 0.6 is 0 Å². The molecule has 4 aromatic rings.